The molecule has 108 valence electrons. The van der Waals surface area contributed by atoms with Crippen LogP contribution in [0.1, 0.15) is 12.0 Å². The second-order valence-corrected chi connectivity index (χ2v) is 6.94. The van der Waals surface area contributed by atoms with Crippen LogP contribution in [0.5, 0.6) is 0 Å². The fraction of sp³-hybridized carbons (Fsp3) is 0.385. The molecule has 1 aromatic carbocycles. The molecule has 1 saturated carbocycles. The number of carbonyl (C=O) groups is 2. The molecule has 1 aliphatic rings. The monoisotopic (exact) mass is 297 g/mol. The number of carboxylic acids is 1. The summed E-state index contributed by atoms with van der Waals surface area (Å²) in [6.45, 7) is 0.256. The minimum atomic E-state index is -3.22. The Kier molecular flexibility index (Phi) is 3.80. The summed E-state index contributed by atoms with van der Waals surface area (Å²) in [5, 5.41) is 11.4. The first-order valence-corrected chi connectivity index (χ1v) is 7.97. The molecule has 0 unspecified atom stereocenters. The van der Waals surface area contributed by atoms with Gasteiger partial charge in [-0.3, -0.25) is 9.59 Å². The van der Waals surface area contributed by atoms with E-state index in [0.29, 0.717) is 6.42 Å². The summed E-state index contributed by atoms with van der Waals surface area (Å²) >= 11 is 0. The Balaban J connectivity index is 1.89. The molecule has 6 nitrogen and oxygen atoms in total. The SMILES string of the molecule is CS(=O)(=O)c1ccc(CNC(=O)[C@H]2C[C@@H]2C(=O)O)cc1. The van der Waals surface area contributed by atoms with E-state index in [1.165, 1.54) is 12.1 Å². The first-order valence-electron chi connectivity index (χ1n) is 6.08. The van der Waals surface area contributed by atoms with Crippen molar-refractivity contribution >= 4 is 21.7 Å². The highest BCUT2D eigenvalue weighted by molar-refractivity contribution is 7.90. The van der Waals surface area contributed by atoms with E-state index in [9.17, 15) is 18.0 Å². The van der Waals surface area contributed by atoms with Crippen LogP contribution >= 0.6 is 0 Å². The zero-order valence-corrected chi connectivity index (χ0v) is 11.7. The van der Waals surface area contributed by atoms with Crippen molar-refractivity contribution in [1.29, 1.82) is 0 Å². The van der Waals surface area contributed by atoms with Gasteiger partial charge in [0.25, 0.3) is 0 Å². The van der Waals surface area contributed by atoms with E-state index in [2.05, 4.69) is 5.32 Å². The molecule has 1 amide bonds. The van der Waals surface area contributed by atoms with Crippen LogP contribution < -0.4 is 5.32 Å². The number of sulfone groups is 1. The second kappa shape index (κ2) is 5.24. The molecule has 20 heavy (non-hydrogen) atoms. The van der Waals surface area contributed by atoms with Gasteiger partial charge in [0, 0.05) is 12.8 Å². The molecule has 2 rings (SSSR count). The molecular weight excluding hydrogens is 282 g/mol. The fourth-order valence-electron chi connectivity index (χ4n) is 1.93. The molecule has 7 heteroatoms. The number of hydrogen-bond donors (Lipinski definition) is 2. The van der Waals surface area contributed by atoms with Crippen molar-refractivity contribution in [3.8, 4) is 0 Å². The maximum Gasteiger partial charge on any atom is 0.307 e. The number of benzene rings is 1. The van der Waals surface area contributed by atoms with Crippen LogP contribution in [-0.4, -0.2) is 31.7 Å². The second-order valence-electron chi connectivity index (χ2n) is 4.92. The quantitative estimate of drug-likeness (QED) is 0.820. The van der Waals surface area contributed by atoms with E-state index in [1.807, 2.05) is 0 Å². The predicted molar refractivity (Wildman–Crippen MR) is 70.6 cm³/mol. The Bertz CT molecular complexity index is 635. The third kappa shape index (κ3) is 3.36. The maximum absolute atomic E-state index is 11.6. The zero-order valence-electron chi connectivity index (χ0n) is 10.9. The summed E-state index contributed by atoms with van der Waals surface area (Å²) in [5.41, 5.74) is 0.762. The minimum Gasteiger partial charge on any atom is -0.481 e. The number of amides is 1. The topological polar surface area (TPSA) is 101 Å². The van der Waals surface area contributed by atoms with Crippen LogP contribution in [0.3, 0.4) is 0 Å². The number of nitrogens with one attached hydrogen (secondary N) is 1. The lowest BCUT2D eigenvalue weighted by Gasteiger charge is -2.05. The van der Waals surface area contributed by atoms with Gasteiger partial charge in [-0.2, -0.15) is 0 Å². The molecular formula is C13H15NO5S. The van der Waals surface area contributed by atoms with Crippen LogP contribution in [0, 0.1) is 11.8 Å². The highest BCUT2D eigenvalue weighted by Crippen LogP contribution is 2.38. The van der Waals surface area contributed by atoms with E-state index >= 15 is 0 Å². The van der Waals surface area contributed by atoms with Gasteiger partial charge in [0.1, 0.15) is 0 Å². The average Bonchev–Trinajstić information content (AvgIpc) is 3.15. The van der Waals surface area contributed by atoms with Gasteiger partial charge in [0.15, 0.2) is 9.84 Å². The maximum atomic E-state index is 11.6. The smallest absolute Gasteiger partial charge is 0.307 e. The van der Waals surface area contributed by atoms with Crippen LogP contribution in [0.15, 0.2) is 29.2 Å². The summed E-state index contributed by atoms with van der Waals surface area (Å²) in [6, 6.07) is 6.21. The van der Waals surface area contributed by atoms with Gasteiger partial charge in [-0.05, 0) is 24.1 Å². The van der Waals surface area contributed by atoms with Crippen LogP contribution in [0.25, 0.3) is 0 Å². The number of rotatable bonds is 5. The minimum absolute atomic E-state index is 0.223. The van der Waals surface area contributed by atoms with Crippen molar-refractivity contribution in [2.24, 2.45) is 11.8 Å². The standard InChI is InChI=1S/C13H15NO5S/c1-20(18,19)9-4-2-8(3-5-9)7-14-12(15)10-6-11(10)13(16)17/h2-5,10-11H,6-7H2,1H3,(H,14,15)(H,16,17)/t10-,11-/m0/s1. The largest absolute Gasteiger partial charge is 0.481 e. The average molecular weight is 297 g/mol. The molecule has 0 aromatic heterocycles. The Morgan fingerprint density at radius 3 is 2.30 bits per heavy atom. The molecule has 2 N–H and O–H groups in total. The van der Waals surface area contributed by atoms with Crippen molar-refractivity contribution in [3.63, 3.8) is 0 Å². The fourth-order valence-corrected chi connectivity index (χ4v) is 2.56. The summed E-state index contributed by atoms with van der Waals surface area (Å²) in [4.78, 5) is 22.5. The van der Waals surface area contributed by atoms with Gasteiger partial charge in [-0.1, -0.05) is 12.1 Å². The highest BCUT2D eigenvalue weighted by Gasteiger charge is 2.48. The third-order valence-electron chi connectivity index (χ3n) is 3.26. The van der Waals surface area contributed by atoms with E-state index in [-0.39, 0.29) is 17.3 Å². The van der Waals surface area contributed by atoms with E-state index in [1.54, 1.807) is 12.1 Å². The Morgan fingerprint density at radius 1 is 1.25 bits per heavy atom. The molecule has 0 aliphatic heterocycles. The molecule has 1 aromatic rings. The van der Waals surface area contributed by atoms with E-state index in [0.717, 1.165) is 11.8 Å². The van der Waals surface area contributed by atoms with Gasteiger partial charge in [-0.15, -0.1) is 0 Å². The Hall–Kier alpha value is -1.89. The lowest BCUT2D eigenvalue weighted by atomic mass is 10.2. The Morgan fingerprint density at radius 2 is 1.85 bits per heavy atom. The van der Waals surface area contributed by atoms with Gasteiger partial charge >= 0.3 is 5.97 Å². The molecule has 0 bridgehead atoms. The molecule has 0 spiro atoms. The summed E-state index contributed by atoms with van der Waals surface area (Å²) < 4.78 is 22.6. The van der Waals surface area contributed by atoms with E-state index in [4.69, 9.17) is 5.11 Å². The van der Waals surface area contributed by atoms with Crippen LogP contribution in [0.2, 0.25) is 0 Å². The molecule has 1 fully saturated rings. The summed E-state index contributed by atoms with van der Waals surface area (Å²) in [7, 11) is -3.22. The molecule has 1 aliphatic carbocycles. The van der Waals surface area contributed by atoms with E-state index < -0.39 is 27.6 Å². The molecule has 2 atom stereocenters. The van der Waals surface area contributed by atoms with Crippen molar-refractivity contribution in [1.82, 2.24) is 5.32 Å². The lowest BCUT2D eigenvalue weighted by molar-refractivity contribution is -0.140. The van der Waals surface area contributed by atoms with Crippen LogP contribution in [-0.2, 0) is 26.0 Å². The predicted octanol–water partition coefficient (Wildman–Crippen LogP) is 0.427. The summed E-state index contributed by atoms with van der Waals surface area (Å²) in [6.07, 6.45) is 1.51. The van der Waals surface area contributed by atoms with Gasteiger partial charge < -0.3 is 10.4 Å². The van der Waals surface area contributed by atoms with Gasteiger partial charge in [-0.25, -0.2) is 8.42 Å². The third-order valence-corrected chi connectivity index (χ3v) is 4.39. The van der Waals surface area contributed by atoms with Gasteiger partial charge in [0.05, 0.1) is 16.7 Å². The van der Waals surface area contributed by atoms with Crippen molar-refractivity contribution in [2.75, 3.05) is 6.26 Å². The Labute approximate surface area is 116 Å². The molecule has 0 heterocycles. The first kappa shape index (κ1) is 14.5. The van der Waals surface area contributed by atoms with Crippen LogP contribution in [0.4, 0.5) is 0 Å². The normalized spacial score (nSPS) is 21.2. The molecule has 0 radical (unpaired) electrons. The van der Waals surface area contributed by atoms with Crippen molar-refractivity contribution < 1.29 is 23.1 Å². The highest BCUT2D eigenvalue weighted by atomic mass is 32.2. The number of aliphatic carboxylic acids is 1. The summed E-state index contributed by atoms with van der Waals surface area (Å²) in [5.74, 6) is -2.22. The first-order chi connectivity index (χ1) is 9.29. The number of carbonyl (C=O) groups excluding carboxylic acids is 1. The lowest BCUT2D eigenvalue weighted by Crippen LogP contribution is -2.25. The zero-order chi connectivity index (χ0) is 14.9. The number of carboxylic acid groups (broad SMARTS) is 1. The van der Waals surface area contributed by atoms with Crippen molar-refractivity contribution in [2.45, 2.75) is 17.9 Å². The number of hydrogen-bond acceptors (Lipinski definition) is 4. The molecule has 0 saturated heterocycles. The van der Waals surface area contributed by atoms with Gasteiger partial charge in [0.2, 0.25) is 5.91 Å². The van der Waals surface area contributed by atoms with Crippen molar-refractivity contribution in [3.05, 3.63) is 29.8 Å².